The first-order valence-corrected chi connectivity index (χ1v) is 12.6. The first-order valence-electron chi connectivity index (χ1n) is 12.6. The van der Waals surface area contributed by atoms with Gasteiger partial charge in [-0.2, -0.15) is 0 Å². The molecule has 2 atom stereocenters. The van der Waals surface area contributed by atoms with Gasteiger partial charge in [0.2, 0.25) is 5.91 Å². The highest BCUT2D eigenvalue weighted by Gasteiger charge is 2.28. The summed E-state index contributed by atoms with van der Waals surface area (Å²) in [5.74, 6) is -2.51. The van der Waals surface area contributed by atoms with Crippen molar-refractivity contribution in [1.82, 2.24) is 14.9 Å². The van der Waals surface area contributed by atoms with Gasteiger partial charge in [0.1, 0.15) is 17.7 Å². The molecule has 0 bridgehead atoms. The number of esters is 1. The van der Waals surface area contributed by atoms with E-state index in [2.05, 4.69) is 10.3 Å². The normalized spacial score (nSPS) is 12.8. The van der Waals surface area contributed by atoms with Gasteiger partial charge in [0, 0.05) is 0 Å². The summed E-state index contributed by atoms with van der Waals surface area (Å²) in [7, 11) is 1.23. The Bertz CT molecular complexity index is 1550. The van der Waals surface area contributed by atoms with E-state index >= 15 is 0 Å². The number of ether oxygens (including phenoxy) is 1. The molecular formula is C30H29F2N3O4. The number of hydrogen-bond donors (Lipinski definition) is 1. The Morgan fingerprint density at radius 2 is 1.69 bits per heavy atom. The van der Waals surface area contributed by atoms with Crippen molar-refractivity contribution in [2.75, 3.05) is 7.11 Å². The average molecular weight is 534 g/mol. The van der Waals surface area contributed by atoms with Gasteiger partial charge in [-0.3, -0.25) is 19.0 Å². The van der Waals surface area contributed by atoms with Gasteiger partial charge in [-0.1, -0.05) is 50.2 Å². The smallest absolute Gasteiger partial charge is 0.307 e. The van der Waals surface area contributed by atoms with Crippen molar-refractivity contribution >= 4 is 22.8 Å². The van der Waals surface area contributed by atoms with Crippen molar-refractivity contribution < 1.29 is 23.1 Å². The first kappa shape index (κ1) is 27.6. The second-order valence-corrected chi connectivity index (χ2v) is 9.68. The van der Waals surface area contributed by atoms with Crippen LogP contribution >= 0.6 is 0 Å². The van der Waals surface area contributed by atoms with E-state index in [4.69, 9.17) is 4.74 Å². The van der Waals surface area contributed by atoms with Crippen LogP contribution in [0, 0.1) is 17.6 Å². The zero-order valence-corrected chi connectivity index (χ0v) is 21.9. The van der Waals surface area contributed by atoms with Crippen LogP contribution in [0.3, 0.4) is 0 Å². The van der Waals surface area contributed by atoms with Gasteiger partial charge in [-0.25, -0.2) is 13.8 Å². The number of halogens is 2. The second-order valence-electron chi connectivity index (χ2n) is 9.68. The van der Waals surface area contributed by atoms with Crippen molar-refractivity contribution in [2.45, 2.75) is 38.8 Å². The van der Waals surface area contributed by atoms with E-state index in [1.165, 1.54) is 30.1 Å². The predicted molar refractivity (Wildman–Crippen MR) is 144 cm³/mol. The maximum atomic E-state index is 14.5. The minimum Gasteiger partial charge on any atom is -0.469 e. The van der Waals surface area contributed by atoms with Crippen LogP contribution in [0.25, 0.3) is 22.0 Å². The van der Waals surface area contributed by atoms with Crippen molar-refractivity contribution in [3.05, 3.63) is 101 Å². The molecule has 0 saturated heterocycles. The predicted octanol–water partition coefficient (Wildman–Crippen LogP) is 5.35. The Kier molecular flexibility index (Phi) is 8.49. The van der Waals surface area contributed by atoms with Crippen molar-refractivity contribution in [3.8, 4) is 11.1 Å². The van der Waals surface area contributed by atoms with E-state index in [1.807, 2.05) is 13.8 Å². The number of carbonyl (C=O) groups excluding carboxylic acids is 2. The molecule has 0 aliphatic heterocycles. The number of fused-ring (bicyclic) bond motifs is 1. The molecule has 1 N–H and O–H groups in total. The van der Waals surface area contributed by atoms with Crippen LogP contribution in [-0.2, 0) is 14.3 Å². The molecule has 4 aromatic rings. The molecule has 4 rings (SSSR count). The van der Waals surface area contributed by atoms with Gasteiger partial charge in [-0.05, 0) is 53.8 Å². The Balaban J connectivity index is 1.73. The quantitative estimate of drug-likeness (QED) is 0.293. The van der Waals surface area contributed by atoms with Crippen LogP contribution in [0.15, 0.2) is 77.9 Å². The van der Waals surface area contributed by atoms with Gasteiger partial charge in [0.25, 0.3) is 5.56 Å². The molecule has 3 aromatic carbocycles. The topological polar surface area (TPSA) is 90.3 Å². The highest BCUT2D eigenvalue weighted by molar-refractivity contribution is 5.83. The number of rotatable bonds is 9. The van der Waals surface area contributed by atoms with Gasteiger partial charge < -0.3 is 10.1 Å². The highest BCUT2D eigenvalue weighted by atomic mass is 19.1. The third kappa shape index (κ3) is 6.19. The van der Waals surface area contributed by atoms with Gasteiger partial charge >= 0.3 is 5.97 Å². The van der Waals surface area contributed by atoms with Gasteiger partial charge in [0.05, 0.1) is 42.4 Å². The number of benzene rings is 3. The summed E-state index contributed by atoms with van der Waals surface area (Å²) in [6.45, 7) is 3.86. The maximum Gasteiger partial charge on any atom is 0.307 e. The fourth-order valence-electron chi connectivity index (χ4n) is 4.55. The summed E-state index contributed by atoms with van der Waals surface area (Å²) < 4.78 is 35.1. The summed E-state index contributed by atoms with van der Waals surface area (Å²) in [5, 5.41) is 3.25. The lowest BCUT2D eigenvalue weighted by atomic mass is 9.96. The molecule has 0 saturated carbocycles. The monoisotopic (exact) mass is 533 g/mol. The average Bonchev–Trinajstić information content (AvgIpc) is 2.92. The number of nitrogens with zero attached hydrogens (tertiary/aromatic N) is 2. The SMILES string of the molecule is COC(=O)C[C@H](NC(=O)[C@H](CC(C)C)n1cnc2ccccc2c1=O)c1cccc(-c2c(F)cccc2F)c1. The van der Waals surface area contributed by atoms with Crippen LogP contribution < -0.4 is 10.9 Å². The third-order valence-electron chi connectivity index (χ3n) is 6.48. The Labute approximate surface area is 224 Å². The zero-order valence-electron chi connectivity index (χ0n) is 21.9. The number of hydrogen-bond acceptors (Lipinski definition) is 5. The number of para-hydroxylation sites is 1. The summed E-state index contributed by atoms with van der Waals surface area (Å²) in [5.41, 5.74) is 0.641. The number of amides is 1. The molecule has 7 nitrogen and oxygen atoms in total. The van der Waals surface area contributed by atoms with E-state index in [0.717, 1.165) is 12.1 Å². The standard InChI is InChI=1S/C30H29F2N3O4/c1-18(2)14-26(35-17-33-24-13-5-4-10-21(24)30(35)38)29(37)34-25(16-27(36)39-3)19-8-6-9-20(15-19)28-22(31)11-7-12-23(28)32/h4-13,15,17-18,25-26H,14,16H2,1-3H3,(H,34,37)/t25-,26-/m0/s1. The molecular weight excluding hydrogens is 504 g/mol. The lowest BCUT2D eigenvalue weighted by molar-refractivity contribution is -0.141. The summed E-state index contributed by atoms with van der Waals surface area (Å²) in [6, 6.07) is 15.0. The molecule has 0 spiro atoms. The largest absolute Gasteiger partial charge is 0.469 e. The molecule has 0 unspecified atom stereocenters. The Hall–Kier alpha value is -4.40. The molecule has 1 aromatic heterocycles. The van der Waals surface area contributed by atoms with Gasteiger partial charge in [-0.15, -0.1) is 0 Å². The highest BCUT2D eigenvalue weighted by Crippen LogP contribution is 2.30. The molecule has 39 heavy (non-hydrogen) atoms. The van der Waals surface area contributed by atoms with Crippen molar-refractivity contribution in [2.24, 2.45) is 5.92 Å². The fourth-order valence-corrected chi connectivity index (χ4v) is 4.55. The third-order valence-corrected chi connectivity index (χ3v) is 6.48. The number of aromatic nitrogens is 2. The lowest BCUT2D eigenvalue weighted by Gasteiger charge is -2.25. The molecule has 9 heteroatoms. The number of methoxy groups -OCH3 is 1. The minimum atomic E-state index is -0.915. The molecule has 0 aliphatic carbocycles. The molecule has 0 aliphatic rings. The van der Waals surface area contributed by atoms with E-state index < -0.39 is 35.6 Å². The van der Waals surface area contributed by atoms with Crippen LogP contribution in [0.1, 0.15) is 44.3 Å². The van der Waals surface area contributed by atoms with Crippen molar-refractivity contribution in [1.29, 1.82) is 0 Å². The van der Waals surface area contributed by atoms with Crippen LogP contribution in [-0.4, -0.2) is 28.5 Å². The van der Waals surface area contributed by atoms with Crippen LogP contribution in [0.2, 0.25) is 0 Å². The Morgan fingerprint density at radius 3 is 2.38 bits per heavy atom. The number of carbonyl (C=O) groups is 2. The zero-order chi connectivity index (χ0) is 28.1. The lowest BCUT2D eigenvalue weighted by Crippen LogP contribution is -2.40. The molecule has 0 fully saturated rings. The van der Waals surface area contributed by atoms with E-state index in [0.29, 0.717) is 22.9 Å². The van der Waals surface area contributed by atoms with E-state index in [9.17, 15) is 23.2 Å². The molecule has 1 amide bonds. The van der Waals surface area contributed by atoms with Gasteiger partial charge in [0.15, 0.2) is 0 Å². The van der Waals surface area contributed by atoms with E-state index in [1.54, 1.807) is 42.5 Å². The molecule has 0 radical (unpaired) electrons. The summed E-state index contributed by atoms with van der Waals surface area (Å²) in [6.07, 6.45) is 1.45. The second kappa shape index (κ2) is 12.0. The fraction of sp³-hybridized carbons (Fsp3) is 0.267. The molecule has 202 valence electrons. The van der Waals surface area contributed by atoms with E-state index in [-0.39, 0.29) is 29.0 Å². The summed E-state index contributed by atoms with van der Waals surface area (Å²) in [4.78, 5) is 43.7. The Morgan fingerprint density at radius 1 is 1.00 bits per heavy atom. The molecule has 1 heterocycles. The van der Waals surface area contributed by atoms with Crippen LogP contribution in [0.5, 0.6) is 0 Å². The minimum absolute atomic E-state index is 0.0468. The van der Waals surface area contributed by atoms with Crippen LogP contribution in [0.4, 0.5) is 8.78 Å². The van der Waals surface area contributed by atoms with Crippen molar-refractivity contribution in [3.63, 3.8) is 0 Å². The number of nitrogens with one attached hydrogen (secondary N) is 1. The first-order chi connectivity index (χ1) is 18.7. The summed E-state index contributed by atoms with van der Waals surface area (Å²) >= 11 is 0. The maximum absolute atomic E-state index is 14.5.